The number of carbonyl (C=O) groups excluding carboxylic acids is 2. The number of hydrogen-bond acceptors (Lipinski definition) is 6. The largest absolute Gasteiger partial charge is 0.472 e. The van der Waals surface area contributed by atoms with E-state index in [4.69, 9.17) is 13.8 Å². The molecule has 0 bridgehead atoms. The molecule has 0 fully saturated rings. The lowest BCUT2D eigenvalue weighted by Gasteiger charge is -2.27. The Morgan fingerprint density at radius 3 is 1.44 bits per heavy atom. The average molecular weight is 968 g/mol. The Bertz CT molecular complexity index is 1530. The van der Waals surface area contributed by atoms with Crippen LogP contribution in [0.4, 0.5) is 0 Å². The third-order valence-electron chi connectivity index (χ3n) is 11.0. The summed E-state index contributed by atoms with van der Waals surface area (Å²) in [6.07, 6.45) is 63.8. The molecule has 3 unspecified atom stereocenters. The van der Waals surface area contributed by atoms with Gasteiger partial charge in [-0.1, -0.05) is 188 Å². The van der Waals surface area contributed by atoms with Crippen LogP contribution in [-0.4, -0.2) is 74.3 Å². The highest BCUT2D eigenvalue weighted by Crippen LogP contribution is 2.43. The van der Waals surface area contributed by atoms with E-state index < -0.39 is 25.9 Å². The van der Waals surface area contributed by atoms with Crippen LogP contribution in [0.2, 0.25) is 0 Å². The smallest absolute Gasteiger partial charge is 0.456 e. The van der Waals surface area contributed by atoms with Crippen molar-refractivity contribution in [3.8, 4) is 0 Å². The Morgan fingerprint density at radius 1 is 0.529 bits per heavy atom. The van der Waals surface area contributed by atoms with Crippen molar-refractivity contribution < 1.29 is 37.3 Å². The van der Waals surface area contributed by atoms with Gasteiger partial charge in [-0.2, -0.15) is 0 Å². The normalized spacial score (nSPS) is 14.8. The number of unbranched alkanes of at least 4 members (excludes halogenated alkanes) is 14. The van der Waals surface area contributed by atoms with Gasteiger partial charge in [-0.05, 0) is 102 Å². The Hall–Kier alpha value is -3.33. The van der Waals surface area contributed by atoms with Crippen LogP contribution in [0.25, 0.3) is 0 Å². The summed E-state index contributed by atoms with van der Waals surface area (Å²) in [5.74, 6) is -0.612. The van der Waals surface area contributed by atoms with Gasteiger partial charge in [0.05, 0.1) is 33.8 Å². The molecule has 2 N–H and O–H groups in total. The first-order valence-corrected chi connectivity index (χ1v) is 28.2. The highest BCUT2D eigenvalue weighted by molar-refractivity contribution is 7.47. The molecule has 0 rings (SSSR count). The first kappa shape index (κ1) is 64.7. The molecule has 0 spiro atoms. The molecule has 0 saturated heterocycles. The van der Waals surface area contributed by atoms with Crippen molar-refractivity contribution in [2.24, 2.45) is 0 Å². The molecular weight excluding hydrogens is 868 g/mol. The number of likely N-dealkylation sites (N-methyl/N-ethyl adjacent to an activating group) is 1. The molecule has 0 saturated carbocycles. The number of phosphoric acid groups is 1. The van der Waals surface area contributed by atoms with E-state index in [9.17, 15) is 19.0 Å². The summed E-state index contributed by atoms with van der Waals surface area (Å²) in [6.45, 7) is 6.68. The maximum atomic E-state index is 13.4. The van der Waals surface area contributed by atoms with Crippen molar-refractivity contribution in [2.45, 2.75) is 206 Å². The fourth-order valence-electron chi connectivity index (χ4n) is 6.87. The van der Waals surface area contributed by atoms with Crippen LogP contribution in [0, 0.1) is 0 Å². The van der Waals surface area contributed by atoms with Crippen LogP contribution in [0.5, 0.6) is 0 Å². The van der Waals surface area contributed by atoms with Crippen molar-refractivity contribution in [1.82, 2.24) is 5.32 Å². The Morgan fingerprint density at radius 2 is 0.956 bits per heavy atom. The summed E-state index contributed by atoms with van der Waals surface area (Å²) in [5.41, 5.74) is 0. The third kappa shape index (κ3) is 47.7. The topological polar surface area (TPSA) is 111 Å². The Labute approximate surface area is 417 Å². The molecule has 0 aromatic carbocycles. The van der Waals surface area contributed by atoms with Gasteiger partial charge >= 0.3 is 13.8 Å². The van der Waals surface area contributed by atoms with Crippen molar-refractivity contribution in [2.75, 3.05) is 40.9 Å². The lowest BCUT2D eigenvalue weighted by molar-refractivity contribution is -0.870. The zero-order valence-corrected chi connectivity index (χ0v) is 44.9. The highest BCUT2D eigenvalue weighted by Gasteiger charge is 2.30. The average Bonchev–Trinajstić information content (AvgIpc) is 3.29. The van der Waals surface area contributed by atoms with Gasteiger partial charge < -0.3 is 19.4 Å². The van der Waals surface area contributed by atoms with E-state index >= 15 is 0 Å². The van der Waals surface area contributed by atoms with Gasteiger partial charge in [0.2, 0.25) is 5.91 Å². The Kier molecular flexibility index (Phi) is 45.0. The summed E-state index contributed by atoms with van der Waals surface area (Å²) in [5, 5.41) is 3.01. The minimum absolute atomic E-state index is 0.0209. The second-order valence-electron chi connectivity index (χ2n) is 18.6. The zero-order chi connectivity index (χ0) is 50.1. The van der Waals surface area contributed by atoms with Crippen molar-refractivity contribution >= 4 is 19.7 Å². The second-order valence-corrected chi connectivity index (χ2v) is 20.1. The van der Waals surface area contributed by atoms with Gasteiger partial charge in [-0.15, -0.1) is 0 Å². The molecular formula is C58H100N2O7P+. The second kappa shape index (κ2) is 47.4. The quantitative estimate of drug-likeness (QED) is 0.0205. The number of amides is 1. The number of nitrogens with one attached hydrogen (secondary N) is 1. The number of esters is 1. The molecule has 0 radical (unpaired) electrons. The van der Waals surface area contributed by atoms with Crippen LogP contribution in [0.3, 0.4) is 0 Å². The molecule has 10 heteroatoms. The number of rotatable bonds is 46. The number of nitrogens with zero attached hydrogens (tertiary/aromatic N) is 1. The summed E-state index contributed by atoms with van der Waals surface area (Å²) >= 11 is 0. The van der Waals surface area contributed by atoms with Crippen molar-refractivity contribution in [1.29, 1.82) is 0 Å². The summed E-state index contributed by atoms with van der Waals surface area (Å²) in [4.78, 5) is 37.4. The van der Waals surface area contributed by atoms with E-state index in [0.29, 0.717) is 23.9 Å². The number of ether oxygens (including phenoxy) is 1. The standard InChI is InChI=1S/C58H99N2O7P/c1-7-10-13-16-19-22-25-27-29-30-31-33-36-39-42-45-48-51-58(62)67-56(49-46-43-40-37-34-24-21-18-15-12-9-3)55(54-66-68(63,64)65-53-52-60(4,5)6)59-57(61)50-47-44-41-38-35-32-28-26-23-20-17-14-11-8-2/h10-11,13-14,19-20,22-23,27-29,31-33,39,42,46,49,55-56H,7-9,12,15-18,21,24-26,30,34-38,40-41,43-45,47-48,50-54H2,1-6H3,(H-,59,61,63,64)/p+1/b13-10-,14-11+,22-19-,23-20+,29-27-,32-28+,33-31-,42-39-,49-46+. The Balaban J connectivity index is 5.53. The van der Waals surface area contributed by atoms with E-state index in [0.717, 1.165) is 103 Å². The lowest BCUT2D eigenvalue weighted by atomic mass is 10.1. The van der Waals surface area contributed by atoms with Crippen molar-refractivity contribution in [3.63, 3.8) is 0 Å². The molecule has 0 aromatic heterocycles. The monoisotopic (exact) mass is 968 g/mol. The van der Waals surface area contributed by atoms with E-state index in [2.05, 4.69) is 123 Å². The SMILES string of the molecule is CC/C=C\C/C=C\C/C=C\C/C=C\C/C=C\CCCC(=O)OC(/C=C/CCCCCCCCCCC)C(COP(=O)(O)OCC[N+](C)(C)C)NC(=O)CCCCCC/C=C/C/C=C/C/C=C/CC. The fourth-order valence-corrected chi connectivity index (χ4v) is 7.61. The molecule has 0 aliphatic heterocycles. The van der Waals surface area contributed by atoms with E-state index in [1.54, 1.807) is 0 Å². The molecule has 0 aliphatic rings. The van der Waals surface area contributed by atoms with Crippen LogP contribution in [-0.2, 0) is 27.9 Å². The predicted molar refractivity (Wildman–Crippen MR) is 290 cm³/mol. The zero-order valence-electron chi connectivity index (χ0n) is 44.1. The van der Waals surface area contributed by atoms with Gasteiger partial charge in [0.1, 0.15) is 19.3 Å². The van der Waals surface area contributed by atoms with E-state index in [1.807, 2.05) is 33.3 Å². The van der Waals surface area contributed by atoms with Gasteiger partial charge in [0, 0.05) is 12.8 Å². The van der Waals surface area contributed by atoms with E-state index in [-0.39, 0.29) is 32.0 Å². The molecule has 68 heavy (non-hydrogen) atoms. The molecule has 9 nitrogen and oxygen atoms in total. The molecule has 0 heterocycles. The molecule has 0 aromatic rings. The van der Waals surface area contributed by atoms with Crippen molar-refractivity contribution in [3.05, 3.63) is 109 Å². The first-order chi connectivity index (χ1) is 32.9. The maximum absolute atomic E-state index is 13.4. The number of quaternary nitrogens is 1. The third-order valence-corrected chi connectivity index (χ3v) is 11.9. The number of phosphoric ester groups is 1. The van der Waals surface area contributed by atoms with Crippen LogP contribution >= 0.6 is 7.82 Å². The van der Waals surface area contributed by atoms with Gasteiger partial charge in [-0.3, -0.25) is 18.6 Å². The summed E-state index contributed by atoms with van der Waals surface area (Å²) in [6, 6.07) is -0.888. The lowest BCUT2D eigenvalue weighted by Crippen LogP contribution is -2.47. The molecule has 3 atom stereocenters. The number of allylic oxidation sites excluding steroid dienone is 17. The summed E-state index contributed by atoms with van der Waals surface area (Å²) < 4.78 is 30.4. The van der Waals surface area contributed by atoms with E-state index in [1.165, 1.54) is 44.9 Å². The van der Waals surface area contributed by atoms with Crippen LogP contribution in [0.1, 0.15) is 194 Å². The minimum atomic E-state index is -4.46. The predicted octanol–water partition coefficient (Wildman–Crippen LogP) is 15.8. The molecule has 1 amide bonds. The van der Waals surface area contributed by atoms with Crippen LogP contribution in [0.15, 0.2) is 109 Å². The van der Waals surface area contributed by atoms with Gasteiger partial charge in [0.25, 0.3) is 0 Å². The van der Waals surface area contributed by atoms with Gasteiger partial charge in [-0.25, -0.2) is 4.57 Å². The fraction of sp³-hybridized carbons (Fsp3) is 0.655. The highest BCUT2D eigenvalue weighted by atomic mass is 31.2. The molecule has 0 aliphatic carbocycles. The first-order valence-electron chi connectivity index (χ1n) is 26.7. The maximum Gasteiger partial charge on any atom is 0.472 e. The van der Waals surface area contributed by atoms with Gasteiger partial charge in [0.15, 0.2) is 0 Å². The number of carbonyl (C=O) groups is 2. The summed E-state index contributed by atoms with van der Waals surface area (Å²) in [7, 11) is 1.43. The number of hydrogen-bond donors (Lipinski definition) is 2. The molecule has 388 valence electrons. The van der Waals surface area contributed by atoms with Crippen LogP contribution < -0.4 is 5.32 Å². The minimum Gasteiger partial charge on any atom is -0.456 e.